The summed E-state index contributed by atoms with van der Waals surface area (Å²) >= 11 is 24.8. The molecule has 0 spiro atoms. The van der Waals surface area contributed by atoms with Crippen LogP contribution in [0.25, 0.3) is 21.8 Å². The summed E-state index contributed by atoms with van der Waals surface area (Å²) in [6, 6.07) is 44.7. The summed E-state index contributed by atoms with van der Waals surface area (Å²) < 4.78 is 145. The Bertz CT molecular complexity index is 3920. The first kappa shape index (κ1) is 66.2. The van der Waals surface area contributed by atoms with Gasteiger partial charge in [0, 0.05) is 125 Å². The van der Waals surface area contributed by atoms with Gasteiger partial charge < -0.3 is 29.4 Å². The molecule has 2 aliphatic rings. The second-order valence-electron chi connectivity index (χ2n) is 21.1. The van der Waals surface area contributed by atoms with Gasteiger partial charge >= 0.3 is 31.1 Å². The number of piperidine rings is 2. The molecule has 0 aliphatic carbocycles. The number of methoxy groups -OCH3 is 2. The number of nitrogens with one attached hydrogen (secondary N) is 2. The van der Waals surface area contributed by atoms with Gasteiger partial charge in [0.05, 0.1) is 24.2 Å². The van der Waals surface area contributed by atoms with Crippen molar-refractivity contribution in [3.05, 3.63) is 209 Å². The maximum absolute atomic E-state index is 13.3. The molecule has 0 amide bonds. The minimum Gasteiger partial charge on any atom is -0.475 e. The Morgan fingerprint density at radius 3 is 1.28 bits per heavy atom. The van der Waals surface area contributed by atoms with Gasteiger partial charge in [-0.1, -0.05) is 107 Å². The van der Waals surface area contributed by atoms with Crippen molar-refractivity contribution in [1.82, 2.24) is 18.2 Å². The van der Waals surface area contributed by atoms with Gasteiger partial charge in [-0.05, 0) is 132 Å². The Morgan fingerprint density at radius 2 is 0.886 bits per heavy atom. The molecule has 26 heteroatoms. The number of benzene rings is 6. The molecule has 88 heavy (non-hydrogen) atoms. The largest absolute Gasteiger partial charge is 0.511 e. The van der Waals surface area contributed by atoms with E-state index in [1.54, 1.807) is 24.9 Å². The van der Waals surface area contributed by atoms with Crippen LogP contribution in [-0.4, -0.2) is 118 Å². The fraction of sp³-hybridized carbons (Fsp3) is 0.323. The number of hydrogen-bond donors (Lipinski definition) is 2. The monoisotopic (exact) mass is 1330 g/mol. The van der Waals surface area contributed by atoms with Crippen molar-refractivity contribution in [2.75, 3.05) is 70.9 Å². The number of halogens is 10. The number of rotatable bonds is 19. The summed E-state index contributed by atoms with van der Waals surface area (Å²) in [6.45, 7) is 0.184. The highest BCUT2D eigenvalue weighted by Crippen LogP contribution is 2.40. The minimum atomic E-state index is -5.40. The number of aromatic nitrogens is 2. The molecule has 0 radical (unpaired) electrons. The van der Waals surface area contributed by atoms with Gasteiger partial charge in [-0.25, -0.2) is 21.8 Å². The SMILES string of the molecule is COCCOc1cc(NC2CCN(S(=O)(=O)C(F)(F)F)CC2)c2cc(C(c3ccc(Cl)cc3)c3ccc(Cl)cc3)ccc2n1.COCCn1c(=O)cc(NC2CCN(S(=O)(=O)C(F)(F)F)CC2)c2cc(C(c3ccc(Cl)cc3)c3ccc(Cl)cc3)ccc21. The molecule has 4 heterocycles. The second kappa shape index (κ2) is 28.3. The van der Waals surface area contributed by atoms with Gasteiger partial charge in [-0.15, -0.1) is 0 Å². The number of sulfonamides is 2. The molecule has 8 aromatic rings. The average molecular weight is 1340 g/mol. The van der Waals surface area contributed by atoms with Crippen LogP contribution in [0, 0.1) is 0 Å². The molecule has 0 unspecified atom stereocenters. The molecule has 2 fully saturated rings. The lowest BCUT2D eigenvalue weighted by Gasteiger charge is -2.32. The quantitative estimate of drug-likeness (QED) is 0.0450. The molecule has 0 bridgehead atoms. The van der Waals surface area contributed by atoms with Crippen LogP contribution in [0.2, 0.25) is 20.1 Å². The summed E-state index contributed by atoms with van der Waals surface area (Å²) in [6.07, 6.45) is 0.663. The summed E-state index contributed by atoms with van der Waals surface area (Å²) in [5, 5.41) is 10.7. The summed E-state index contributed by atoms with van der Waals surface area (Å²) in [5.74, 6) is -0.0268. The highest BCUT2D eigenvalue weighted by molar-refractivity contribution is 7.90. The maximum atomic E-state index is 13.3. The van der Waals surface area contributed by atoms with E-state index in [0.29, 0.717) is 76.7 Å². The molecule has 0 saturated carbocycles. The normalized spacial score (nSPS) is 15.2. The van der Waals surface area contributed by atoms with E-state index in [9.17, 15) is 48.0 Å². The average Bonchev–Trinajstić information content (AvgIpc) is 1.21. The van der Waals surface area contributed by atoms with Crippen molar-refractivity contribution in [2.45, 2.75) is 67.2 Å². The van der Waals surface area contributed by atoms with Crippen molar-refractivity contribution in [3.8, 4) is 5.88 Å². The molecule has 14 nitrogen and oxygen atoms in total. The Morgan fingerprint density at radius 1 is 0.511 bits per heavy atom. The van der Waals surface area contributed by atoms with E-state index in [0.717, 1.165) is 44.2 Å². The molecular weight excluding hydrogens is 1280 g/mol. The molecule has 2 aliphatic heterocycles. The highest BCUT2D eigenvalue weighted by atomic mass is 35.5. The van der Waals surface area contributed by atoms with E-state index in [1.165, 1.54) is 6.07 Å². The van der Waals surface area contributed by atoms with Crippen LogP contribution in [0.3, 0.4) is 0 Å². The van der Waals surface area contributed by atoms with E-state index < -0.39 is 31.1 Å². The molecule has 0 atom stereocenters. The first-order valence-electron chi connectivity index (χ1n) is 27.8. The first-order chi connectivity index (χ1) is 41.8. The maximum Gasteiger partial charge on any atom is 0.511 e. The van der Waals surface area contributed by atoms with Crippen molar-refractivity contribution >= 4 is 99.6 Å². The summed E-state index contributed by atoms with van der Waals surface area (Å²) in [4.78, 5) is 17.9. The Hall–Kier alpha value is -6.18. The Balaban J connectivity index is 0.000000209. The van der Waals surface area contributed by atoms with Crippen LogP contribution in [0.5, 0.6) is 5.88 Å². The number of pyridine rings is 2. The van der Waals surface area contributed by atoms with Gasteiger partial charge in [0.2, 0.25) is 5.88 Å². The third-order valence-corrected chi connectivity index (χ3v) is 19.6. The lowest BCUT2D eigenvalue weighted by atomic mass is 9.84. The smallest absolute Gasteiger partial charge is 0.475 e. The number of ether oxygens (including phenoxy) is 3. The zero-order chi connectivity index (χ0) is 63.1. The topological polar surface area (TPSA) is 161 Å². The van der Waals surface area contributed by atoms with Crippen LogP contribution in [-0.2, 0) is 36.1 Å². The van der Waals surface area contributed by atoms with Crippen molar-refractivity contribution in [1.29, 1.82) is 0 Å². The Labute approximate surface area is 525 Å². The van der Waals surface area contributed by atoms with Crippen LogP contribution in [0.15, 0.2) is 150 Å². The number of hydrogen-bond acceptors (Lipinski definition) is 11. The summed E-state index contributed by atoms with van der Waals surface area (Å²) in [5.41, 5.74) is -2.58. The fourth-order valence-electron chi connectivity index (χ4n) is 10.9. The van der Waals surface area contributed by atoms with Crippen LogP contribution >= 0.6 is 46.4 Å². The van der Waals surface area contributed by atoms with E-state index in [-0.39, 0.29) is 87.9 Å². The number of fused-ring (bicyclic) bond motifs is 2. The zero-order valence-electron chi connectivity index (χ0n) is 47.3. The number of alkyl halides is 6. The lowest BCUT2D eigenvalue weighted by molar-refractivity contribution is -0.0499. The van der Waals surface area contributed by atoms with Crippen LogP contribution in [0.1, 0.15) is 70.9 Å². The Kier molecular flexibility index (Phi) is 21.3. The highest BCUT2D eigenvalue weighted by Gasteiger charge is 2.51. The van der Waals surface area contributed by atoms with Gasteiger partial charge in [-0.3, -0.25) is 4.79 Å². The molecule has 2 aromatic heterocycles. The van der Waals surface area contributed by atoms with Crippen molar-refractivity contribution in [2.24, 2.45) is 0 Å². The number of anilines is 2. The molecule has 2 saturated heterocycles. The molecule has 10 rings (SSSR count). The third-order valence-electron chi connectivity index (χ3n) is 15.4. The molecular formula is C62H60Cl4F6N6O8S2. The lowest BCUT2D eigenvalue weighted by Crippen LogP contribution is -2.47. The minimum absolute atomic E-state index is 0.140. The van der Waals surface area contributed by atoms with Crippen LogP contribution < -0.4 is 20.9 Å². The molecule has 2 N–H and O–H groups in total. The first-order valence-corrected chi connectivity index (χ1v) is 32.1. The fourth-order valence-corrected chi connectivity index (χ4v) is 13.4. The third kappa shape index (κ3) is 15.5. The predicted octanol–water partition coefficient (Wildman–Crippen LogP) is 14.3. The zero-order valence-corrected chi connectivity index (χ0v) is 52.0. The standard InChI is InChI=1S/2C31H30Cl2F3N3O4S/c1-43-17-16-39-28-11-6-22(30(20-2-7-23(32)8-3-20)21-4-9-24(33)10-5-21)18-26(28)27(19-29(39)40)37-25-12-14-38(15-13-25)44(41,42)31(34,35)36;1-42-16-17-43-29-19-28(37-25-12-14-39(15-13-25)44(40,41)31(34,35)36)26-18-22(6-11-27(26)38-29)30(20-2-7-23(32)8-3-20)21-4-9-24(33)10-5-21/h2-11,18-19,25,30,37H,12-17H2,1H3;2-11,18-19,25,30H,12-17H2,1H3,(H,37,38). The van der Waals surface area contributed by atoms with Crippen LogP contribution in [0.4, 0.5) is 37.7 Å². The van der Waals surface area contributed by atoms with Crippen molar-refractivity contribution < 1.29 is 57.4 Å². The molecule has 468 valence electrons. The van der Waals surface area contributed by atoms with E-state index in [2.05, 4.69) is 15.6 Å². The summed E-state index contributed by atoms with van der Waals surface area (Å²) in [7, 11) is -7.66. The van der Waals surface area contributed by atoms with E-state index in [1.807, 2.05) is 133 Å². The van der Waals surface area contributed by atoms with Gasteiger partial charge in [0.25, 0.3) is 5.56 Å². The van der Waals surface area contributed by atoms with Gasteiger partial charge in [0.15, 0.2) is 0 Å². The van der Waals surface area contributed by atoms with E-state index in [4.69, 9.17) is 60.6 Å². The number of nitrogens with zero attached hydrogens (tertiary/aromatic N) is 4. The van der Waals surface area contributed by atoms with Crippen molar-refractivity contribution in [3.63, 3.8) is 0 Å². The molecule has 6 aromatic carbocycles. The second-order valence-corrected chi connectivity index (χ2v) is 26.7. The van der Waals surface area contributed by atoms with Gasteiger partial charge in [-0.2, -0.15) is 35.0 Å². The predicted molar refractivity (Wildman–Crippen MR) is 333 cm³/mol. The van der Waals surface area contributed by atoms with E-state index >= 15 is 0 Å². The van der Waals surface area contributed by atoms with Gasteiger partial charge in [0.1, 0.15) is 6.61 Å².